The van der Waals surface area contributed by atoms with Crippen LogP contribution in [0.5, 0.6) is 0 Å². The number of rotatable bonds is 2. The molecule has 0 spiro atoms. The molecule has 3 aromatic rings. The van der Waals surface area contributed by atoms with Crippen LogP contribution in [0.2, 0.25) is 0 Å². The molecule has 1 N–H and O–H groups in total. The fourth-order valence-corrected chi connectivity index (χ4v) is 5.21. The first-order valence-corrected chi connectivity index (χ1v) is 10.1. The molecule has 4 nitrogen and oxygen atoms in total. The van der Waals surface area contributed by atoms with Crippen molar-refractivity contribution in [1.82, 2.24) is 9.29 Å². The molecule has 4 rings (SSSR count). The zero-order valence-electron chi connectivity index (χ0n) is 14.8. The molecular formula is C21H20N2O2S. The Morgan fingerprint density at radius 1 is 1.12 bits per heavy atom. The van der Waals surface area contributed by atoms with Gasteiger partial charge in [-0.15, -0.1) is 5.92 Å². The SMILES string of the molecule is CC#CC1NCCc2c1n(S(=O)(=O)c1ccc(C)cc1)c1ccccc21. The van der Waals surface area contributed by atoms with Crippen molar-refractivity contribution >= 4 is 20.9 Å². The molecule has 132 valence electrons. The standard InChI is InChI=1S/C21H20N2O2S/c1-3-6-19-21-18(13-14-22-19)17-7-4-5-8-20(17)23(21)26(24,25)16-11-9-15(2)10-12-16/h4-5,7-12,19,22H,13-14H2,1-2H3. The number of hydrogen-bond donors (Lipinski definition) is 1. The van der Waals surface area contributed by atoms with E-state index in [4.69, 9.17) is 0 Å². The molecule has 0 amide bonds. The second kappa shape index (κ2) is 6.31. The van der Waals surface area contributed by atoms with E-state index >= 15 is 0 Å². The van der Waals surface area contributed by atoms with E-state index in [1.807, 2.05) is 43.3 Å². The van der Waals surface area contributed by atoms with Crippen LogP contribution in [0.15, 0.2) is 53.4 Å². The fraction of sp³-hybridized carbons (Fsp3) is 0.238. The van der Waals surface area contributed by atoms with E-state index in [1.54, 1.807) is 19.1 Å². The number of para-hydroxylation sites is 1. The maximum atomic E-state index is 13.5. The number of benzene rings is 2. The number of aryl methyl sites for hydroxylation is 1. The first-order valence-electron chi connectivity index (χ1n) is 8.64. The fourth-order valence-electron chi connectivity index (χ4n) is 3.63. The summed E-state index contributed by atoms with van der Waals surface area (Å²) < 4.78 is 28.5. The van der Waals surface area contributed by atoms with Gasteiger partial charge in [0.15, 0.2) is 0 Å². The highest BCUT2D eigenvalue weighted by Crippen LogP contribution is 2.35. The van der Waals surface area contributed by atoms with Gasteiger partial charge >= 0.3 is 0 Å². The second-order valence-corrected chi connectivity index (χ2v) is 8.28. The molecule has 1 aromatic heterocycles. The van der Waals surface area contributed by atoms with Gasteiger partial charge in [-0.2, -0.15) is 0 Å². The van der Waals surface area contributed by atoms with Crippen molar-refractivity contribution in [3.05, 3.63) is 65.4 Å². The zero-order valence-corrected chi connectivity index (χ0v) is 15.6. The van der Waals surface area contributed by atoms with Crippen LogP contribution in [-0.4, -0.2) is 18.9 Å². The second-order valence-electron chi connectivity index (χ2n) is 6.49. The van der Waals surface area contributed by atoms with Crippen LogP contribution in [-0.2, 0) is 16.4 Å². The maximum absolute atomic E-state index is 13.5. The summed E-state index contributed by atoms with van der Waals surface area (Å²) in [6.45, 7) is 4.50. The first kappa shape index (κ1) is 16.9. The van der Waals surface area contributed by atoms with Crippen LogP contribution in [0.1, 0.15) is 29.8 Å². The van der Waals surface area contributed by atoms with Gasteiger partial charge in [0.25, 0.3) is 10.0 Å². The van der Waals surface area contributed by atoms with Crippen molar-refractivity contribution in [2.24, 2.45) is 0 Å². The van der Waals surface area contributed by atoms with Crippen LogP contribution in [0.3, 0.4) is 0 Å². The molecule has 0 fully saturated rings. The summed E-state index contributed by atoms with van der Waals surface area (Å²) in [5.74, 6) is 6.06. The summed E-state index contributed by atoms with van der Waals surface area (Å²) in [5.41, 5.74) is 3.56. The Bertz CT molecular complexity index is 1150. The molecule has 1 aliphatic heterocycles. The molecule has 0 aliphatic carbocycles. The van der Waals surface area contributed by atoms with E-state index < -0.39 is 10.0 Å². The lowest BCUT2D eigenvalue weighted by atomic mass is 10.00. The van der Waals surface area contributed by atoms with E-state index in [9.17, 15) is 8.42 Å². The summed E-state index contributed by atoms with van der Waals surface area (Å²) >= 11 is 0. The van der Waals surface area contributed by atoms with E-state index in [2.05, 4.69) is 17.2 Å². The Labute approximate surface area is 153 Å². The number of nitrogens with zero attached hydrogens (tertiary/aromatic N) is 1. The minimum atomic E-state index is -3.72. The van der Waals surface area contributed by atoms with Crippen molar-refractivity contribution in [2.45, 2.75) is 31.2 Å². The third kappa shape index (κ3) is 2.54. The van der Waals surface area contributed by atoms with Crippen molar-refractivity contribution in [2.75, 3.05) is 6.54 Å². The average Bonchev–Trinajstić information content (AvgIpc) is 2.99. The van der Waals surface area contributed by atoms with E-state index in [0.29, 0.717) is 10.4 Å². The monoisotopic (exact) mass is 364 g/mol. The van der Waals surface area contributed by atoms with Gasteiger partial charge in [-0.05, 0) is 44.0 Å². The molecule has 2 aromatic carbocycles. The number of hydrogen-bond acceptors (Lipinski definition) is 3. The highest BCUT2D eigenvalue weighted by atomic mass is 32.2. The largest absolute Gasteiger partial charge is 0.298 e. The van der Waals surface area contributed by atoms with Gasteiger partial charge in [0.2, 0.25) is 0 Å². The Balaban J connectivity index is 2.07. The van der Waals surface area contributed by atoms with Crippen LogP contribution in [0.25, 0.3) is 10.9 Å². The van der Waals surface area contributed by atoms with Crippen molar-refractivity contribution in [3.63, 3.8) is 0 Å². The van der Waals surface area contributed by atoms with Gasteiger partial charge in [0.05, 0.1) is 16.1 Å². The van der Waals surface area contributed by atoms with Crippen LogP contribution < -0.4 is 5.32 Å². The summed E-state index contributed by atoms with van der Waals surface area (Å²) in [6.07, 6.45) is 0.786. The molecule has 0 radical (unpaired) electrons. The summed E-state index contributed by atoms with van der Waals surface area (Å²) in [5, 5.41) is 4.34. The molecule has 1 atom stereocenters. The number of aromatic nitrogens is 1. The Hall–Kier alpha value is -2.55. The van der Waals surface area contributed by atoms with Crippen molar-refractivity contribution < 1.29 is 8.42 Å². The third-order valence-corrected chi connectivity index (χ3v) is 6.56. The summed E-state index contributed by atoms with van der Waals surface area (Å²) in [6, 6.07) is 14.4. The molecule has 26 heavy (non-hydrogen) atoms. The number of fused-ring (bicyclic) bond motifs is 3. The molecule has 2 heterocycles. The quantitative estimate of drug-likeness (QED) is 0.709. The molecule has 0 saturated heterocycles. The Morgan fingerprint density at radius 2 is 1.85 bits per heavy atom. The van der Waals surface area contributed by atoms with Gasteiger partial charge in [-0.1, -0.05) is 41.8 Å². The van der Waals surface area contributed by atoms with Gasteiger partial charge in [0, 0.05) is 11.9 Å². The predicted octanol–water partition coefficient (Wildman–Crippen LogP) is 3.40. The molecule has 0 saturated carbocycles. The van der Waals surface area contributed by atoms with Crippen LogP contribution in [0.4, 0.5) is 0 Å². The first-order chi connectivity index (χ1) is 12.5. The molecule has 5 heteroatoms. The average molecular weight is 364 g/mol. The van der Waals surface area contributed by atoms with Crippen molar-refractivity contribution in [3.8, 4) is 11.8 Å². The lowest BCUT2D eigenvalue weighted by Crippen LogP contribution is -2.32. The minimum absolute atomic E-state index is 0.292. The van der Waals surface area contributed by atoms with Crippen molar-refractivity contribution in [1.29, 1.82) is 0 Å². The molecule has 0 bridgehead atoms. The lowest BCUT2D eigenvalue weighted by molar-refractivity contribution is 0.560. The zero-order chi connectivity index (χ0) is 18.3. The minimum Gasteiger partial charge on any atom is -0.298 e. The summed E-state index contributed by atoms with van der Waals surface area (Å²) in [4.78, 5) is 0.292. The summed E-state index contributed by atoms with van der Waals surface area (Å²) in [7, 11) is -3.72. The third-order valence-electron chi connectivity index (χ3n) is 4.82. The topological polar surface area (TPSA) is 51.1 Å². The van der Waals surface area contributed by atoms with Gasteiger partial charge in [0.1, 0.15) is 6.04 Å². The Morgan fingerprint density at radius 3 is 2.58 bits per heavy atom. The molecule has 1 aliphatic rings. The lowest BCUT2D eigenvalue weighted by Gasteiger charge is -2.23. The van der Waals surface area contributed by atoms with Gasteiger partial charge in [-0.25, -0.2) is 12.4 Å². The molecule has 1 unspecified atom stereocenters. The molecular weight excluding hydrogens is 344 g/mol. The van der Waals surface area contributed by atoms with Crippen LogP contribution in [0, 0.1) is 18.8 Å². The number of nitrogens with one attached hydrogen (secondary N) is 1. The normalized spacial score (nSPS) is 16.8. The smallest absolute Gasteiger partial charge is 0.268 e. The van der Waals surface area contributed by atoms with E-state index in [1.165, 1.54) is 3.97 Å². The highest BCUT2D eigenvalue weighted by Gasteiger charge is 2.32. The van der Waals surface area contributed by atoms with Crippen LogP contribution >= 0.6 is 0 Å². The maximum Gasteiger partial charge on any atom is 0.268 e. The van der Waals surface area contributed by atoms with E-state index in [-0.39, 0.29) is 6.04 Å². The van der Waals surface area contributed by atoms with E-state index in [0.717, 1.165) is 35.2 Å². The Kier molecular flexibility index (Phi) is 4.10. The highest BCUT2D eigenvalue weighted by molar-refractivity contribution is 7.90. The van der Waals surface area contributed by atoms with Gasteiger partial charge < -0.3 is 0 Å². The van der Waals surface area contributed by atoms with Gasteiger partial charge in [-0.3, -0.25) is 5.32 Å². The predicted molar refractivity (Wildman–Crippen MR) is 104 cm³/mol.